The summed E-state index contributed by atoms with van der Waals surface area (Å²) in [4.78, 5) is 23.8. The molecule has 1 saturated carbocycles. The van der Waals surface area contributed by atoms with Crippen molar-refractivity contribution < 1.29 is 9.90 Å². The van der Waals surface area contributed by atoms with Crippen LogP contribution in [-0.4, -0.2) is 44.6 Å². The van der Waals surface area contributed by atoms with Gasteiger partial charge in [0.25, 0.3) is 5.91 Å². The van der Waals surface area contributed by atoms with Gasteiger partial charge in [-0.15, -0.1) is 0 Å². The average molecular weight is 417 g/mol. The van der Waals surface area contributed by atoms with E-state index in [9.17, 15) is 9.90 Å². The molecule has 1 aliphatic carbocycles. The third-order valence-corrected chi connectivity index (χ3v) is 6.96. The Balaban J connectivity index is 1.29. The average Bonchev–Trinajstić information content (AvgIpc) is 3.26. The van der Waals surface area contributed by atoms with Gasteiger partial charge in [0.15, 0.2) is 5.13 Å². The van der Waals surface area contributed by atoms with Gasteiger partial charge in [-0.2, -0.15) is 0 Å². The van der Waals surface area contributed by atoms with Crippen molar-refractivity contribution in [3.8, 4) is 0 Å². The number of H-pyrrole nitrogens is 1. The molecule has 5 rings (SSSR count). The van der Waals surface area contributed by atoms with Crippen LogP contribution < -0.4 is 5.32 Å². The topological polar surface area (TPSA) is 81.2 Å². The summed E-state index contributed by atoms with van der Waals surface area (Å²) >= 11 is 7.62. The van der Waals surface area contributed by atoms with Crippen LogP contribution in [0.5, 0.6) is 0 Å². The lowest BCUT2D eigenvalue weighted by atomic mass is 9.80. The standard InChI is InChI=1S/C20H21ClN4O2S/c21-13-3-2-12-8-16(23-15(12)9-13)18(26)25-7-4-14-17(10-25)28-19(24-14)22-11-20(27)5-1-6-20/h2-3,8-9,23,27H,1,4-7,10-11H2,(H,22,24). The monoisotopic (exact) mass is 416 g/mol. The van der Waals surface area contributed by atoms with Crippen LogP contribution in [0.4, 0.5) is 5.13 Å². The first-order valence-corrected chi connectivity index (χ1v) is 10.7. The molecule has 8 heteroatoms. The van der Waals surface area contributed by atoms with E-state index in [2.05, 4.69) is 15.3 Å². The molecule has 0 saturated heterocycles. The molecular formula is C20H21ClN4O2S. The van der Waals surface area contributed by atoms with Crippen LogP contribution in [0, 0.1) is 0 Å². The van der Waals surface area contributed by atoms with Crippen molar-refractivity contribution in [1.29, 1.82) is 0 Å². The zero-order valence-corrected chi connectivity index (χ0v) is 16.9. The fraction of sp³-hybridized carbons (Fsp3) is 0.400. The molecule has 1 aromatic carbocycles. The number of nitrogens with one attached hydrogen (secondary N) is 2. The van der Waals surface area contributed by atoms with Crippen LogP contribution in [0.1, 0.15) is 40.3 Å². The number of aliphatic hydroxyl groups is 1. The molecular weight excluding hydrogens is 396 g/mol. The summed E-state index contributed by atoms with van der Waals surface area (Å²) in [5.41, 5.74) is 1.93. The summed E-state index contributed by atoms with van der Waals surface area (Å²) in [6.45, 7) is 1.75. The number of halogens is 1. The molecule has 6 nitrogen and oxygen atoms in total. The second kappa shape index (κ2) is 6.76. The fourth-order valence-electron chi connectivity index (χ4n) is 3.83. The number of aromatic nitrogens is 2. The van der Waals surface area contributed by atoms with Crippen molar-refractivity contribution in [3.63, 3.8) is 0 Å². The smallest absolute Gasteiger partial charge is 0.270 e. The van der Waals surface area contributed by atoms with Crippen molar-refractivity contribution in [1.82, 2.24) is 14.9 Å². The molecule has 1 amide bonds. The Morgan fingerprint density at radius 1 is 1.39 bits per heavy atom. The SMILES string of the molecule is O=C(c1cc2ccc(Cl)cc2[nH]1)N1CCc2nc(NCC3(O)CCC3)sc2C1. The molecule has 1 fully saturated rings. The zero-order chi connectivity index (χ0) is 19.3. The number of amides is 1. The van der Waals surface area contributed by atoms with Crippen molar-refractivity contribution >= 4 is 44.9 Å². The summed E-state index contributed by atoms with van der Waals surface area (Å²) in [6.07, 6.45) is 3.53. The second-order valence-corrected chi connectivity index (χ2v) is 9.23. The zero-order valence-electron chi connectivity index (χ0n) is 15.3. The first kappa shape index (κ1) is 18.0. The number of rotatable bonds is 4. The number of thiazole rings is 1. The number of hydrogen-bond donors (Lipinski definition) is 3. The highest BCUT2D eigenvalue weighted by Gasteiger charge is 2.34. The molecule has 146 valence electrons. The van der Waals surface area contributed by atoms with Gasteiger partial charge in [-0.25, -0.2) is 4.98 Å². The molecule has 2 aliphatic rings. The van der Waals surface area contributed by atoms with Gasteiger partial charge < -0.3 is 20.3 Å². The summed E-state index contributed by atoms with van der Waals surface area (Å²) in [5.74, 6) is -0.00957. The first-order chi connectivity index (χ1) is 13.5. The van der Waals surface area contributed by atoms with Crippen LogP contribution in [0.2, 0.25) is 5.02 Å². The van der Waals surface area contributed by atoms with E-state index >= 15 is 0 Å². The predicted molar refractivity (Wildman–Crippen MR) is 111 cm³/mol. The number of carbonyl (C=O) groups excluding carboxylic acids is 1. The van der Waals surface area contributed by atoms with Gasteiger partial charge in [-0.3, -0.25) is 4.79 Å². The molecule has 3 N–H and O–H groups in total. The van der Waals surface area contributed by atoms with Crippen molar-refractivity contribution in [3.05, 3.63) is 45.6 Å². The van der Waals surface area contributed by atoms with Crippen LogP contribution in [-0.2, 0) is 13.0 Å². The summed E-state index contributed by atoms with van der Waals surface area (Å²) < 4.78 is 0. The van der Waals surface area contributed by atoms with E-state index in [4.69, 9.17) is 11.6 Å². The minimum atomic E-state index is -0.577. The normalized spacial score (nSPS) is 18.0. The molecule has 3 heterocycles. The molecule has 0 radical (unpaired) electrons. The molecule has 0 unspecified atom stereocenters. The van der Waals surface area contributed by atoms with E-state index in [1.807, 2.05) is 29.2 Å². The van der Waals surface area contributed by atoms with E-state index < -0.39 is 5.60 Å². The lowest BCUT2D eigenvalue weighted by Gasteiger charge is -2.36. The van der Waals surface area contributed by atoms with Gasteiger partial charge >= 0.3 is 0 Å². The van der Waals surface area contributed by atoms with Gasteiger partial charge in [-0.05, 0) is 37.5 Å². The highest BCUT2D eigenvalue weighted by molar-refractivity contribution is 7.15. The van der Waals surface area contributed by atoms with Gasteiger partial charge in [0, 0.05) is 40.3 Å². The van der Waals surface area contributed by atoms with Crippen LogP contribution in [0.15, 0.2) is 24.3 Å². The molecule has 0 bridgehead atoms. The Morgan fingerprint density at radius 2 is 2.25 bits per heavy atom. The Kier molecular flexibility index (Phi) is 4.34. The van der Waals surface area contributed by atoms with E-state index in [0.717, 1.165) is 52.3 Å². The summed E-state index contributed by atoms with van der Waals surface area (Å²) in [7, 11) is 0. The van der Waals surface area contributed by atoms with Crippen molar-refractivity contribution in [2.45, 2.75) is 37.8 Å². The number of hydrogen-bond acceptors (Lipinski definition) is 5. The van der Waals surface area contributed by atoms with E-state index in [1.54, 1.807) is 11.3 Å². The number of nitrogens with zero attached hydrogens (tertiary/aromatic N) is 2. The second-order valence-electron chi connectivity index (χ2n) is 7.71. The van der Waals surface area contributed by atoms with E-state index in [1.165, 1.54) is 0 Å². The molecule has 3 aromatic rings. The highest BCUT2D eigenvalue weighted by Crippen LogP contribution is 2.34. The Labute approximate surface area is 171 Å². The molecule has 0 atom stereocenters. The molecule has 0 spiro atoms. The van der Waals surface area contributed by atoms with Gasteiger partial charge in [0.05, 0.1) is 17.8 Å². The van der Waals surface area contributed by atoms with Gasteiger partial charge in [-0.1, -0.05) is 29.0 Å². The maximum absolute atomic E-state index is 13.0. The van der Waals surface area contributed by atoms with Crippen LogP contribution in [0.25, 0.3) is 10.9 Å². The summed E-state index contributed by atoms with van der Waals surface area (Å²) in [5, 5.41) is 16.0. The number of aromatic amines is 1. The van der Waals surface area contributed by atoms with E-state index in [0.29, 0.717) is 30.4 Å². The quantitative estimate of drug-likeness (QED) is 0.604. The predicted octanol–water partition coefficient (Wildman–Crippen LogP) is 3.80. The minimum absolute atomic E-state index is 0.00957. The number of anilines is 1. The largest absolute Gasteiger partial charge is 0.388 e. The third kappa shape index (κ3) is 3.27. The summed E-state index contributed by atoms with van der Waals surface area (Å²) in [6, 6.07) is 7.45. The lowest BCUT2D eigenvalue weighted by molar-refractivity contribution is -0.0202. The molecule has 2 aromatic heterocycles. The fourth-order valence-corrected chi connectivity index (χ4v) is 5.02. The van der Waals surface area contributed by atoms with Gasteiger partial charge in [0.2, 0.25) is 0 Å². The maximum Gasteiger partial charge on any atom is 0.270 e. The number of benzene rings is 1. The first-order valence-electron chi connectivity index (χ1n) is 9.51. The van der Waals surface area contributed by atoms with E-state index in [-0.39, 0.29) is 5.91 Å². The maximum atomic E-state index is 13.0. The minimum Gasteiger partial charge on any atom is -0.388 e. The van der Waals surface area contributed by atoms with Crippen molar-refractivity contribution in [2.75, 3.05) is 18.4 Å². The van der Waals surface area contributed by atoms with Crippen molar-refractivity contribution in [2.24, 2.45) is 0 Å². The highest BCUT2D eigenvalue weighted by atomic mass is 35.5. The molecule has 1 aliphatic heterocycles. The third-order valence-electron chi connectivity index (χ3n) is 5.69. The Hall–Kier alpha value is -2.09. The molecule has 28 heavy (non-hydrogen) atoms. The Morgan fingerprint density at radius 3 is 3.04 bits per heavy atom. The Bertz CT molecular complexity index is 1060. The van der Waals surface area contributed by atoms with Crippen LogP contribution in [0.3, 0.4) is 0 Å². The number of fused-ring (bicyclic) bond motifs is 2. The number of carbonyl (C=O) groups is 1. The van der Waals surface area contributed by atoms with Gasteiger partial charge in [0.1, 0.15) is 5.69 Å². The lowest BCUT2D eigenvalue weighted by Crippen LogP contribution is -2.43. The van der Waals surface area contributed by atoms with Crippen LogP contribution >= 0.6 is 22.9 Å².